The van der Waals surface area contributed by atoms with E-state index in [1.165, 1.54) is 22.9 Å². The van der Waals surface area contributed by atoms with Crippen molar-refractivity contribution >= 4 is 10.9 Å². The molecule has 74 valence electrons. The number of fused-ring (bicyclic) bond motifs is 1. The first-order valence-electron chi connectivity index (χ1n) is 5.21. The Kier molecular flexibility index (Phi) is 2.32. The van der Waals surface area contributed by atoms with E-state index in [1.54, 1.807) is 0 Å². The van der Waals surface area contributed by atoms with Crippen molar-refractivity contribution in [1.29, 1.82) is 0 Å². The molecule has 2 rings (SSSR count). The molecule has 0 bridgehead atoms. The summed E-state index contributed by atoms with van der Waals surface area (Å²) in [6.07, 6.45) is 3.29. The smallest absolute Gasteiger partial charge is 0.0477 e. The summed E-state index contributed by atoms with van der Waals surface area (Å²) in [5.74, 6) is 0.733. The van der Waals surface area contributed by atoms with Crippen molar-refractivity contribution in [3.05, 3.63) is 36.0 Å². The number of nitrogens with zero attached hydrogens (tertiary/aromatic N) is 1. The lowest BCUT2D eigenvalue weighted by Gasteiger charge is -2.05. The first-order chi connectivity index (χ1) is 6.66. The van der Waals surface area contributed by atoms with Gasteiger partial charge in [-0.05, 0) is 41.5 Å². The van der Waals surface area contributed by atoms with E-state index in [4.69, 9.17) is 0 Å². The molecule has 14 heavy (non-hydrogen) atoms. The Balaban J connectivity index is 2.42. The fourth-order valence-corrected chi connectivity index (χ4v) is 1.93. The van der Waals surface area contributed by atoms with Crippen molar-refractivity contribution < 1.29 is 0 Å². The predicted octanol–water partition coefficient (Wildman–Crippen LogP) is 3.38. The van der Waals surface area contributed by atoms with Gasteiger partial charge in [0.15, 0.2) is 0 Å². The van der Waals surface area contributed by atoms with E-state index in [0.29, 0.717) is 0 Å². The van der Waals surface area contributed by atoms with Crippen LogP contribution in [0.5, 0.6) is 0 Å². The third kappa shape index (κ3) is 1.67. The zero-order valence-electron chi connectivity index (χ0n) is 9.12. The Hall–Kier alpha value is -1.24. The Bertz CT molecular complexity index is 437. The molecule has 1 heteroatoms. The van der Waals surface area contributed by atoms with Crippen LogP contribution >= 0.6 is 0 Å². The van der Waals surface area contributed by atoms with Gasteiger partial charge in [-0.3, -0.25) is 0 Å². The van der Waals surface area contributed by atoms with E-state index >= 15 is 0 Å². The SMILES string of the molecule is CC(C)Cc1ccc2c(ccn2C)c1. The number of benzene rings is 1. The molecule has 0 fully saturated rings. The fraction of sp³-hybridized carbons (Fsp3) is 0.385. The highest BCUT2D eigenvalue weighted by atomic mass is 14.9. The summed E-state index contributed by atoms with van der Waals surface area (Å²) in [6, 6.07) is 8.93. The summed E-state index contributed by atoms with van der Waals surface area (Å²) in [7, 11) is 2.09. The largest absolute Gasteiger partial charge is 0.351 e. The molecule has 2 aromatic rings. The molecule has 0 saturated heterocycles. The van der Waals surface area contributed by atoms with Gasteiger partial charge in [0.05, 0.1) is 0 Å². The normalized spacial score (nSPS) is 11.4. The average molecular weight is 187 g/mol. The van der Waals surface area contributed by atoms with Crippen LogP contribution < -0.4 is 0 Å². The number of hydrogen-bond donors (Lipinski definition) is 0. The van der Waals surface area contributed by atoms with Gasteiger partial charge in [-0.2, -0.15) is 0 Å². The summed E-state index contributed by atoms with van der Waals surface area (Å²) >= 11 is 0. The Morgan fingerprint density at radius 1 is 1.21 bits per heavy atom. The topological polar surface area (TPSA) is 4.93 Å². The lowest BCUT2D eigenvalue weighted by atomic mass is 10.0. The highest BCUT2D eigenvalue weighted by molar-refractivity contribution is 5.80. The molecular formula is C13H17N. The molecule has 1 nitrogen and oxygen atoms in total. The zero-order valence-corrected chi connectivity index (χ0v) is 9.12. The maximum atomic E-state index is 2.30. The summed E-state index contributed by atoms with van der Waals surface area (Å²) in [5, 5.41) is 1.35. The van der Waals surface area contributed by atoms with Gasteiger partial charge in [0.1, 0.15) is 0 Å². The Morgan fingerprint density at radius 2 is 2.00 bits per heavy atom. The lowest BCUT2D eigenvalue weighted by Crippen LogP contribution is -1.93. The molecule has 0 spiro atoms. The molecule has 0 aliphatic carbocycles. The molecule has 0 atom stereocenters. The van der Waals surface area contributed by atoms with E-state index < -0.39 is 0 Å². The van der Waals surface area contributed by atoms with Gasteiger partial charge in [-0.1, -0.05) is 19.9 Å². The van der Waals surface area contributed by atoms with E-state index in [1.807, 2.05) is 0 Å². The maximum Gasteiger partial charge on any atom is 0.0477 e. The summed E-state index contributed by atoms with van der Waals surface area (Å²) in [6.45, 7) is 4.52. The molecule has 0 radical (unpaired) electrons. The van der Waals surface area contributed by atoms with E-state index in [-0.39, 0.29) is 0 Å². The monoisotopic (exact) mass is 187 g/mol. The van der Waals surface area contributed by atoms with Gasteiger partial charge in [0.2, 0.25) is 0 Å². The highest BCUT2D eigenvalue weighted by Crippen LogP contribution is 2.18. The van der Waals surface area contributed by atoms with Crippen molar-refractivity contribution in [3.8, 4) is 0 Å². The third-order valence-electron chi connectivity index (χ3n) is 2.59. The minimum Gasteiger partial charge on any atom is -0.351 e. The quantitative estimate of drug-likeness (QED) is 0.679. The van der Waals surface area contributed by atoms with Gasteiger partial charge in [0, 0.05) is 18.8 Å². The molecule has 0 aliphatic rings. The summed E-state index contributed by atoms with van der Waals surface area (Å²) in [4.78, 5) is 0. The predicted molar refractivity (Wildman–Crippen MR) is 61.5 cm³/mol. The van der Waals surface area contributed by atoms with E-state index in [2.05, 4.69) is 55.9 Å². The van der Waals surface area contributed by atoms with Gasteiger partial charge in [-0.25, -0.2) is 0 Å². The third-order valence-corrected chi connectivity index (χ3v) is 2.59. The van der Waals surface area contributed by atoms with Crippen molar-refractivity contribution in [2.24, 2.45) is 13.0 Å². The standard InChI is InChI=1S/C13H17N/c1-10(2)8-11-4-5-13-12(9-11)6-7-14(13)3/h4-7,9-10H,8H2,1-3H3. The molecule has 0 saturated carbocycles. The minimum atomic E-state index is 0.733. The molecule has 1 aromatic carbocycles. The molecular weight excluding hydrogens is 170 g/mol. The Morgan fingerprint density at radius 3 is 2.71 bits per heavy atom. The van der Waals surface area contributed by atoms with Crippen molar-refractivity contribution in [2.45, 2.75) is 20.3 Å². The molecule has 0 N–H and O–H groups in total. The molecule has 1 heterocycles. The maximum absolute atomic E-state index is 2.30. The van der Waals surface area contributed by atoms with E-state index in [0.717, 1.165) is 5.92 Å². The summed E-state index contributed by atoms with van der Waals surface area (Å²) in [5.41, 5.74) is 2.76. The van der Waals surface area contributed by atoms with Crippen molar-refractivity contribution in [3.63, 3.8) is 0 Å². The van der Waals surface area contributed by atoms with Crippen LogP contribution in [-0.4, -0.2) is 4.57 Å². The number of hydrogen-bond acceptors (Lipinski definition) is 0. The van der Waals surface area contributed by atoms with Crippen molar-refractivity contribution in [2.75, 3.05) is 0 Å². The molecule has 1 aromatic heterocycles. The Labute approximate surface area is 85.4 Å². The van der Waals surface area contributed by atoms with Crippen LogP contribution in [0.1, 0.15) is 19.4 Å². The molecule has 0 aliphatic heterocycles. The first-order valence-corrected chi connectivity index (χ1v) is 5.21. The van der Waals surface area contributed by atoms with E-state index in [9.17, 15) is 0 Å². The van der Waals surface area contributed by atoms with Crippen LogP contribution in [0.4, 0.5) is 0 Å². The van der Waals surface area contributed by atoms with Crippen LogP contribution in [0, 0.1) is 5.92 Å². The second-order valence-electron chi connectivity index (χ2n) is 4.42. The van der Waals surface area contributed by atoms with Crippen LogP contribution in [0.15, 0.2) is 30.5 Å². The molecule has 0 unspecified atom stereocenters. The van der Waals surface area contributed by atoms with Crippen molar-refractivity contribution in [1.82, 2.24) is 4.57 Å². The van der Waals surface area contributed by atoms with Gasteiger partial charge >= 0.3 is 0 Å². The lowest BCUT2D eigenvalue weighted by molar-refractivity contribution is 0.648. The highest BCUT2D eigenvalue weighted by Gasteiger charge is 2.01. The van der Waals surface area contributed by atoms with Crippen LogP contribution in [-0.2, 0) is 13.5 Å². The van der Waals surface area contributed by atoms with Crippen LogP contribution in [0.2, 0.25) is 0 Å². The second kappa shape index (κ2) is 3.49. The van der Waals surface area contributed by atoms with Crippen LogP contribution in [0.3, 0.4) is 0 Å². The average Bonchev–Trinajstić information content (AvgIpc) is 2.46. The number of aromatic nitrogens is 1. The van der Waals surface area contributed by atoms with Gasteiger partial charge in [0.25, 0.3) is 0 Å². The number of rotatable bonds is 2. The number of aryl methyl sites for hydroxylation is 1. The van der Waals surface area contributed by atoms with Crippen LogP contribution in [0.25, 0.3) is 10.9 Å². The fourth-order valence-electron chi connectivity index (χ4n) is 1.93. The first kappa shape index (κ1) is 9.32. The van der Waals surface area contributed by atoms with Gasteiger partial charge in [-0.15, -0.1) is 0 Å². The molecule has 0 amide bonds. The second-order valence-corrected chi connectivity index (χ2v) is 4.42. The summed E-state index contributed by atoms with van der Waals surface area (Å²) < 4.78 is 2.16. The van der Waals surface area contributed by atoms with Gasteiger partial charge < -0.3 is 4.57 Å². The zero-order chi connectivity index (χ0) is 10.1. The minimum absolute atomic E-state index is 0.733.